The summed E-state index contributed by atoms with van der Waals surface area (Å²) in [6.45, 7) is 0. The average Bonchev–Trinajstić information content (AvgIpc) is 3.19. The number of anilines is 3. The van der Waals surface area contributed by atoms with E-state index in [0.717, 1.165) is 22.6 Å². The van der Waals surface area contributed by atoms with Gasteiger partial charge in [0.1, 0.15) is 17.7 Å². The summed E-state index contributed by atoms with van der Waals surface area (Å²) in [7, 11) is 0. The van der Waals surface area contributed by atoms with Gasteiger partial charge in [-0.15, -0.1) is 0 Å². The summed E-state index contributed by atoms with van der Waals surface area (Å²) in [5, 5.41) is 19.0. The highest BCUT2D eigenvalue weighted by Crippen LogP contribution is 2.40. The number of carbonyl (C=O) groups excluding carboxylic acids is 1. The van der Waals surface area contributed by atoms with Crippen molar-refractivity contribution >= 4 is 34.5 Å². The van der Waals surface area contributed by atoms with Gasteiger partial charge >= 0.3 is 0 Å². The molecule has 0 saturated heterocycles. The van der Waals surface area contributed by atoms with Crippen molar-refractivity contribution in [2.24, 2.45) is 0 Å². The monoisotopic (exact) mass is 449 g/mol. The van der Waals surface area contributed by atoms with Crippen molar-refractivity contribution in [2.45, 2.75) is 0 Å². The van der Waals surface area contributed by atoms with Gasteiger partial charge < -0.3 is 4.90 Å². The predicted molar refractivity (Wildman–Crippen MR) is 138 cm³/mol. The smallest absolute Gasteiger partial charge is 0.194 e. The van der Waals surface area contributed by atoms with Crippen molar-refractivity contribution < 1.29 is 4.79 Å². The molecule has 4 aromatic rings. The van der Waals surface area contributed by atoms with Gasteiger partial charge in [-0.3, -0.25) is 4.79 Å². The van der Waals surface area contributed by atoms with Gasteiger partial charge in [0.25, 0.3) is 0 Å². The van der Waals surface area contributed by atoms with Crippen LogP contribution in [-0.2, 0) is 0 Å². The largest absolute Gasteiger partial charge is 0.311 e. The van der Waals surface area contributed by atoms with Gasteiger partial charge in [0.05, 0.1) is 0 Å². The number of ketones is 1. The Kier molecular flexibility index (Phi) is 5.78. The number of Topliss-reactive ketones (excluding diaryl/α,β-unsaturated/α-hetero) is 1. The summed E-state index contributed by atoms with van der Waals surface area (Å²) < 4.78 is 0. The molecule has 0 atom stereocenters. The maximum atomic E-state index is 13.2. The second-order valence-electron chi connectivity index (χ2n) is 8.00. The van der Waals surface area contributed by atoms with Gasteiger partial charge in [-0.2, -0.15) is 10.5 Å². The van der Waals surface area contributed by atoms with Gasteiger partial charge in [-0.25, -0.2) is 0 Å². The fraction of sp³-hybridized carbons (Fsp3) is 0. The summed E-state index contributed by atoms with van der Waals surface area (Å²) in [6, 6.07) is 39.1. The van der Waals surface area contributed by atoms with Crippen LogP contribution in [-0.4, -0.2) is 5.78 Å². The minimum absolute atomic E-state index is 0.0644. The van der Waals surface area contributed by atoms with E-state index in [-0.39, 0.29) is 11.4 Å². The third-order valence-electron chi connectivity index (χ3n) is 5.92. The highest BCUT2D eigenvalue weighted by atomic mass is 16.1. The van der Waals surface area contributed by atoms with E-state index < -0.39 is 0 Å². The lowest BCUT2D eigenvalue weighted by Gasteiger charge is -2.25. The first-order valence-corrected chi connectivity index (χ1v) is 11.1. The van der Waals surface area contributed by atoms with Crippen LogP contribution in [0.1, 0.15) is 21.5 Å². The van der Waals surface area contributed by atoms with Crippen LogP contribution >= 0.6 is 0 Å². The number of nitriles is 2. The van der Waals surface area contributed by atoms with Crippen LogP contribution in [0.4, 0.5) is 17.1 Å². The zero-order valence-corrected chi connectivity index (χ0v) is 18.7. The zero-order valence-electron chi connectivity index (χ0n) is 18.7. The van der Waals surface area contributed by atoms with E-state index >= 15 is 0 Å². The minimum Gasteiger partial charge on any atom is -0.311 e. The lowest BCUT2D eigenvalue weighted by Crippen LogP contribution is -2.09. The first kappa shape index (κ1) is 21.6. The molecule has 0 unspecified atom stereocenters. The van der Waals surface area contributed by atoms with Crippen LogP contribution in [0.3, 0.4) is 0 Å². The maximum Gasteiger partial charge on any atom is 0.194 e. The summed E-state index contributed by atoms with van der Waals surface area (Å²) in [6.07, 6.45) is 1.76. The van der Waals surface area contributed by atoms with E-state index in [9.17, 15) is 15.3 Å². The Labute approximate surface area is 203 Å². The first-order chi connectivity index (χ1) is 17.2. The molecule has 0 saturated carbocycles. The number of hydrogen-bond acceptors (Lipinski definition) is 4. The highest BCUT2D eigenvalue weighted by Gasteiger charge is 2.32. The topological polar surface area (TPSA) is 67.9 Å². The van der Waals surface area contributed by atoms with E-state index in [1.54, 1.807) is 30.3 Å². The molecular weight excluding hydrogens is 430 g/mol. The van der Waals surface area contributed by atoms with Crippen molar-refractivity contribution in [3.63, 3.8) is 0 Å². The van der Waals surface area contributed by atoms with Gasteiger partial charge in [0.15, 0.2) is 5.78 Å². The highest BCUT2D eigenvalue weighted by molar-refractivity contribution is 6.29. The molecule has 0 spiro atoms. The standard InChI is InChI=1S/C31H19N3O/c32-20-23(21-33)30-27-13-7-8-14-28(27)31(35)29(30)19-22-15-17-26(18-16-22)34(24-9-3-1-4-10-24)25-11-5-2-6-12-25/h1-19H. The van der Waals surface area contributed by atoms with E-state index in [1.165, 1.54) is 0 Å². The van der Waals surface area contributed by atoms with Crippen LogP contribution in [0, 0.1) is 22.7 Å². The maximum absolute atomic E-state index is 13.2. The molecule has 1 aliphatic carbocycles. The fourth-order valence-electron chi connectivity index (χ4n) is 4.33. The van der Waals surface area contributed by atoms with Crippen molar-refractivity contribution in [3.05, 3.63) is 137 Å². The van der Waals surface area contributed by atoms with Crippen molar-refractivity contribution in [3.8, 4) is 12.1 Å². The molecule has 4 nitrogen and oxygen atoms in total. The van der Waals surface area contributed by atoms with Crippen molar-refractivity contribution in [2.75, 3.05) is 4.90 Å². The fourth-order valence-corrected chi connectivity index (χ4v) is 4.33. The molecule has 4 aromatic carbocycles. The number of allylic oxidation sites excluding steroid dienone is 3. The van der Waals surface area contributed by atoms with E-state index in [0.29, 0.717) is 22.3 Å². The molecular formula is C31H19N3O. The predicted octanol–water partition coefficient (Wildman–Crippen LogP) is 7.24. The quantitative estimate of drug-likeness (QED) is 0.243. The van der Waals surface area contributed by atoms with Gasteiger partial charge in [0, 0.05) is 33.8 Å². The molecule has 1 aliphatic rings. The van der Waals surface area contributed by atoms with Gasteiger partial charge in [-0.1, -0.05) is 72.8 Å². The third-order valence-corrected chi connectivity index (χ3v) is 5.92. The van der Waals surface area contributed by atoms with E-state index in [2.05, 4.69) is 29.2 Å². The second-order valence-corrected chi connectivity index (χ2v) is 8.00. The molecule has 0 amide bonds. The molecule has 0 radical (unpaired) electrons. The lowest BCUT2D eigenvalue weighted by molar-refractivity contribution is 0.104. The van der Waals surface area contributed by atoms with Crippen LogP contribution in [0.15, 0.2) is 120 Å². The molecule has 164 valence electrons. The Balaban J connectivity index is 1.58. The van der Waals surface area contributed by atoms with Gasteiger partial charge in [-0.05, 0) is 53.6 Å². The average molecular weight is 450 g/mol. The number of benzene rings is 4. The van der Waals surface area contributed by atoms with Crippen molar-refractivity contribution in [1.82, 2.24) is 0 Å². The molecule has 0 aromatic heterocycles. The number of nitrogens with zero attached hydrogens (tertiary/aromatic N) is 3. The molecule has 5 rings (SSSR count). The van der Waals surface area contributed by atoms with Crippen LogP contribution in [0.2, 0.25) is 0 Å². The lowest BCUT2D eigenvalue weighted by atomic mass is 9.98. The molecule has 0 fully saturated rings. The molecule has 35 heavy (non-hydrogen) atoms. The Bertz CT molecular complexity index is 1500. The zero-order chi connectivity index (χ0) is 24.2. The normalized spacial score (nSPS) is 13.1. The molecule has 4 heteroatoms. The summed E-state index contributed by atoms with van der Waals surface area (Å²) in [5.74, 6) is -0.183. The first-order valence-electron chi connectivity index (χ1n) is 11.1. The van der Waals surface area contributed by atoms with Crippen LogP contribution in [0.5, 0.6) is 0 Å². The number of rotatable bonds is 4. The number of carbonyl (C=O) groups is 1. The van der Waals surface area contributed by atoms with Crippen LogP contribution in [0.25, 0.3) is 11.6 Å². The Morgan fingerprint density at radius 2 is 1.11 bits per heavy atom. The molecule has 0 heterocycles. The Hall–Kier alpha value is -5.19. The molecule has 0 N–H and O–H groups in total. The SMILES string of the molecule is N#CC(C#N)=C1C(=Cc2ccc(N(c3ccccc3)c3ccccc3)cc2)C(=O)c2ccccc21. The Morgan fingerprint density at radius 3 is 1.66 bits per heavy atom. The van der Waals surface area contributed by atoms with E-state index in [1.807, 2.05) is 72.8 Å². The summed E-state index contributed by atoms with van der Waals surface area (Å²) in [4.78, 5) is 15.3. The summed E-state index contributed by atoms with van der Waals surface area (Å²) >= 11 is 0. The minimum atomic E-state index is -0.183. The summed E-state index contributed by atoms with van der Waals surface area (Å²) in [5.41, 5.74) is 5.66. The molecule has 0 bridgehead atoms. The van der Waals surface area contributed by atoms with Gasteiger partial charge in [0.2, 0.25) is 0 Å². The third kappa shape index (κ3) is 4.02. The second kappa shape index (κ2) is 9.35. The van der Waals surface area contributed by atoms with E-state index in [4.69, 9.17) is 0 Å². The number of hydrogen-bond donors (Lipinski definition) is 0. The van der Waals surface area contributed by atoms with Crippen molar-refractivity contribution in [1.29, 1.82) is 10.5 Å². The Morgan fingerprint density at radius 1 is 0.629 bits per heavy atom. The number of fused-ring (bicyclic) bond motifs is 1. The van der Waals surface area contributed by atoms with Crippen LogP contribution < -0.4 is 4.90 Å². The number of para-hydroxylation sites is 2. The molecule has 0 aliphatic heterocycles.